The molecule has 8 heteroatoms. The third kappa shape index (κ3) is 5.56. The van der Waals surface area contributed by atoms with Crippen LogP contribution in [-0.2, 0) is 11.3 Å². The summed E-state index contributed by atoms with van der Waals surface area (Å²) < 4.78 is 27.0. The standard InChI is InChI=1S/C24H32N2O6/c1-17-12-18(6-7-20(17)28-2)15-25-8-10-26(11-9-25)23(27)16-32-19-13-21(29-3)24(31-5)22(14-19)30-4/h6-7,12-14H,8-11,15-16H2,1-5H3. The van der Waals surface area contributed by atoms with Crippen LogP contribution in [-0.4, -0.2) is 76.9 Å². The lowest BCUT2D eigenvalue weighted by Gasteiger charge is -2.34. The number of aryl methyl sites for hydroxylation is 1. The number of hydrogen-bond donors (Lipinski definition) is 0. The molecule has 1 aliphatic heterocycles. The Morgan fingerprint density at radius 2 is 1.47 bits per heavy atom. The maximum Gasteiger partial charge on any atom is 0.260 e. The molecule has 1 aliphatic rings. The zero-order valence-corrected chi connectivity index (χ0v) is 19.5. The molecule has 8 nitrogen and oxygen atoms in total. The van der Waals surface area contributed by atoms with Crippen molar-refractivity contribution in [2.75, 3.05) is 61.2 Å². The predicted octanol–water partition coefficient (Wildman–Crippen LogP) is 2.75. The Labute approximate surface area is 189 Å². The Balaban J connectivity index is 1.51. The van der Waals surface area contributed by atoms with Crippen LogP contribution in [0.5, 0.6) is 28.7 Å². The first-order valence-electron chi connectivity index (χ1n) is 10.6. The third-order valence-electron chi connectivity index (χ3n) is 5.59. The molecule has 1 saturated heterocycles. The molecule has 0 atom stereocenters. The molecule has 2 aromatic carbocycles. The Morgan fingerprint density at radius 1 is 0.844 bits per heavy atom. The van der Waals surface area contributed by atoms with E-state index in [-0.39, 0.29) is 12.5 Å². The van der Waals surface area contributed by atoms with E-state index in [1.165, 1.54) is 5.56 Å². The molecule has 32 heavy (non-hydrogen) atoms. The summed E-state index contributed by atoms with van der Waals surface area (Å²) >= 11 is 0. The van der Waals surface area contributed by atoms with E-state index in [1.807, 2.05) is 17.9 Å². The minimum Gasteiger partial charge on any atom is -0.496 e. The highest BCUT2D eigenvalue weighted by Gasteiger charge is 2.22. The molecule has 174 valence electrons. The van der Waals surface area contributed by atoms with Gasteiger partial charge in [-0.2, -0.15) is 0 Å². The predicted molar refractivity (Wildman–Crippen MR) is 121 cm³/mol. The van der Waals surface area contributed by atoms with Crippen molar-refractivity contribution in [1.29, 1.82) is 0 Å². The molecule has 1 heterocycles. The van der Waals surface area contributed by atoms with Crippen molar-refractivity contribution in [3.63, 3.8) is 0 Å². The monoisotopic (exact) mass is 444 g/mol. The van der Waals surface area contributed by atoms with Gasteiger partial charge in [-0.25, -0.2) is 0 Å². The largest absolute Gasteiger partial charge is 0.496 e. The highest BCUT2D eigenvalue weighted by atomic mass is 16.5. The van der Waals surface area contributed by atoms with E-state index in [0.717, 1.165) is 30.9 Å². The van der Waals surface area contributed by atoms with E-state index in [2.05, 4.69) is 17.0 Å². The molecule has 1 amide bonds. The fourth-order valence-electron chi connectivity index (χ4n) is 3.83. The van der Waals surface area contributed by atoms with Crippen LogP contribution >= 0.6 is 0 Å². The Bertz CT molecular complexity index is 900. The van der Waals surface area contributed by atoms with E-state index in [1.54, 1.807) is 40.6 Å². The summed E-state index contributed by atoms with van der Waals surface area (Å²) in [6.45, 7) is 5.85. The maximum absolute atomic E-state index is 12.7. The molecule has 0 N–H and O–H groups in total. The van der Waals surface area contributed by atoms with Crippen LogP contribution in [0.15, 0.2) is 30.3 Å². The number of rotatable bonds is 9. The summed E-state index contributed by atoms with van der Waals surface area (Å²) in [6.07, 6.45) is 0. The number of benzene rings is 2. The van der Waals surface area contributed by atoms with Crippen LogP contribution in [0.3, 0.4) is 0 Å². The van der Waals surface area contributed by atoms with Crippen molar-refractivity contribution in [1.82, 2.24) is 9.80 Å². The lowest BCUT2D eigenvalue weighted by molar-refractivity contribution is -0.135. The molecular weight excluding hydrogens is 412 g/mol. The van der Waals surface area contributed by atoms with Gasteiger partial charge in [0.25, 0.3) is 5.91 Å². The first kappa shape index (κ1) is 23.5. The number of carbonyl (C=O) groups is 1. The second-order valence-corrected chi connectivity index (χ2v) is 7.61. The van der Waals surface area contributed by atoms with Crippen molar-refractivity contribution in [2.24, 2.45) is 0 Å². The Morgan fingerprint density at radius 3 is 2.00 bits per heavy atom. The molecule has 1 fully saturated rings. The average molecular weight is 445 g/mol. The minimum absolute atomic E-state index is 0.0429. The summed E-state index contributed by atoms with van der Waals surface area (Å²) in [5.41, 5.74) is 2.37. The average Bonchev–Trinajstić information content (AvgIpc) is 2.82. The molecule has 0 spiro atoms. The molecule has 2 aromatic rings. The summed E-state index contributed by atoms with van der Waals surface area (Å²) in [6, 6.07) is 9.62. The first-order valence-corrected chi connectivity index (χ1v) is 10.6. The second kappa shape index (κ2) is 10.9. The van der Waals surface area contributed by atoms with E-state index < -0.39 is 0 Å². The lowest BCUT2D eigenvalue weighted by Crippen LogP contribution is -2.49. The smallest absolute Gasteiger partial charge is 0.260 e. The topological polar surface area (TPSA) is 69.7 Å². The number of nitrogens with zero attached hydrogens (tertiary/aromatic N) is 2. The van der Waals surface area contributed by atoms with Crippen LogP contribution in [0.25, 0.3) is 0 Å². The summed E-state index contributed by atoms with van der Waals surface area (Å²) in [7, 11) is 6.31. The number of amides is 1. The zero-order valence-electron chi connectivity index (χ0n) is 19.5. The molecule has 3 rings (SSSR count). The summed E-state index contributed by atoms with van der Waals surface area (Å²) in [5.74, 6) is 2.79. The van der Waals surface area contributed by atoms with Gasteiger partial charge >= 0.3 is 0 Å². The molecule has 0 aliphatic carbocycles. The van der Waals surface area contributed by atoms with Crippen molar-refractivity contribution in [2.45, 2.75) is 13.5 Å². The van der Waals surface area contributed by atoms with E-state index >= 15 is 0 Å². The zero-order chi connectivity index (χ0) is 23.1. The van der Waals surface area contributed by atoms with Crippen LogP contribution in [0.1, 0.15) is 11.1 Å². The minimum atomic E-state index is -0.0453. The van der Waals surface area contributed by atoms with Gasteiger partial charge in [0.1, 0.15) is 11.5 Å². The summed E-state index contributed by atoms with van der Waals surface area (Å²) in [5, 5.41) is 0. The second-order valence-electron chi connectivity index (χ2n) is 7.61. The van der Waals surface area contributed by atoms with Crippen molar-refractivity contribution in [3.05, 3.63) is 41.5 Å². The lowest BCUT2D eigenvalue weighted by atomic mass is 10.1. The van der Waals surface area contributed by atoms with Gasteiger partial charge in [-0.05, 0) is 24.1 Å². The molecular formula is C24H32N2O6. The van der Waals surface area contributed by atoms with E-state index in [9.17, 15) is 4.79 Å². The number of piperazine rings is 1. The van der Waals surface area contributed by atoms with Crippen LogP contribution in [0.2, 0.25) is 0 Å². The SMILES string of the molecule is COc1ccc(CN2CCN(C(=O)COc3cc(OC)c(OC)c(OC)c3)CC2)cc1C. The molecule has 0 radical (unpaired) electrons. The van der Waals surface area contributed by atoms with Crippen LogP contribution in [0.4, 0.5) is 0 Å². The van der Waals surface area contributed by atoms with Crippen molar-refractivity contribution >= 4 is 5.91 Å². The first-order chi connectivity index (χ1) is 15.5. The van der Waals surface area contributed by atoms with Gasteiger partial charge < -0.3 is 28.6 Å². The van der Waals surface area contributed by atoms with Gasteiger partial charge in [0.05, 0.1) is 28.4 Å². The van der Waals surface area contributed by atoms with Gasteiger partial charge in [-0.15, -0.1) is 0 Å². The normalized spacial score (nSPS) is 14.1. The quantitative estimate of drug-likeness (QED) is 0.589. The fraction of sp³-hybridized carbons (Fsp3) is 0.458. The van der Waals surface area contributed by atoms with E-state index in [4.69, 9.17) is 23.7 Å². The number of ether oxygens (including phenoxy) is 5. The highest BCUT2D eigenvalue weighted by molar-refractivity contribution is 5.78. The van der Waals surface area contributed by atoms with Gasteiger partial charge in [0, 0.05) is 44.9 Å². The Hall–Kier alpha value is -3.13. The van der Waals surface area contributed by atoms with Gasteiger partial charge in [0.15, 0.2) is 18.1 Å². The maximum atomic E-state index is 12.7. The van der Waals surface area contributed by atoms with Crippen LogP contribution in [0, 0.1) is 6.92 Å². The van der Waals surface area contributed by atoms with Gasteiger partial charge in [0.2, 0.25) is 5.75 Å². The molecule has 0 aromatic heterocycles. The van der Waals surface area contributed by atoms with E-state index in [0.29, 0.717) is 36.1 Å². The number of carbonyl (C=O) groups excluding carboxylic acids is 1. The third-order valence-corrected chi connectivity index (χ3v) is 5.59. The van der Waals surface area contributed by atoms with Crippen molar-refractivity contribution in [3.8, 4) is 28.7 Å². The fourth-order valence-corrected chi connectivity index (χ4v) is 3.83. The number of methoxy groups -OCH3 is 4. The highest BCUT2D eigenvalue weighted by Crippen LogP contribution is 2.40. The number of hydrogen-bond acceptors (Lipinski definition) is 7. The van der Waals surface area contributed by atoms with Gasteiger partial charge in [-0.3, -0.25) is 9.69 Å². The molecule has 0 saturated carbocycles. The summed E-state index contributed by atoms with van der Waals surface area (Å²) in [4.78, 5) is 16.9. The molecule has 0 bridgehead atoms. The van der Waals surface area contributed by atoms with Gasteiger partial charge in [-0.1, -0.05) is 12.1 Å². The van der Waals surface area contributed by atoms with Crippen molar-refractivity contribution < 1.29 is 28.5 Å². The molecule has 0 unspecified atom stereocenters. The van der Waals surface area contributed by atoms with Crippen LogP contribution < -0.4 is 23.7 Å². The Kier molecular flexibility index (Phi) is 8.05.